The lowest BCUT2D eigenvalue weighted by Gasteiger charge is -2.14. The molecule has 3 nitrogen and oxygen atoms in total. The van der Waals surface area contributed by atoms with Gasteiger partial charge in [0, 0.05) is 37.1 Å². The van der Waals surface area contributed by atoms with Crippen molar-refractivity contribution in [2.75, 3.05) is 14.2 Å². The lowest BCUT2D eigenvalue weighted by atomic mass is 10.1. The summed E-state index contributed by atoms with van der Waals surface area (Å²) in [6.07, 6.45) is 0. The van der Waals surface area contributed by atoms with Gasteiger partial charge in [0.2, 0.25) is 0 Å². The van der Waals surface area contributed by atoms with Gasteiger partial charge in [-0.05, 0) is 12.1 Å². The molecular weight excluding hydrogens is 352 g/mol. The molecule has 0 aliphatic heterocycles. The van der Waals surface area contributed by atoms with Crippen molar-refractivity contribution < 1.29 is 9.47 Å². The number of alkyl halides is 1. The van der Waals surface area contributed by atoms with Crippen LogP contribution in [0.15, 0.2) is 35.1 Å². The minimum absolute atomic E-state index is 0.0368. The zero-order chi connectivity index (χ0) is 15.0. The number of hydrogen-bond donors (Lipinski definition) is 0. The Balaban J connectivity index is 2.57. The molecule has 0 saturated carbocycles. The van der Waals surface area contributed by atoms with Crippen LogP contribution in [-0.2, 0) is 5.33 Å². The van der Waals surface area contributed by atoms with Gasteiger partial charge in [-0.15, -0.1) is 11.3 Å². The van der Waals surface area contributed by atoms with Gasteiger partial charge in [-0.1, -0.05) is 28.1 Å². The molecule has 2 aromatic carbocycles. The van der Waals surface area contributed by atoms with E-state index in [4.69, 9.17) is 9.47 Å². The van der Waals surface area contributed by atoms with Crippen LogP contribution in [0.4, 0.5) is 0 Å². The molecule has 5 heteroatoms. The minimum atomic E-state index is 0.0368. The summed E-state index contributed by atoms with van der Waals surface area (Å²) in [4.78, 5) is 12.8. The van der Waals surface area contributed by atoms with Crippen molar-refractivity contribution in [2.24, 2.45) is 0 Å². The van der Waals surface area contributed by atoms with E-state index in [2.05, 4.69) is 15.9 Å². The van der Waals surface area contributed by atoms with Crippen molar-refractivity contribution in [3.63, 3.8) is 0 Å². The first-order chi connectivity index (χ1) is 10.2. The number of fused-ring (bicyclic) bond motifs is 2. The molecule has 0 atom stereocenters. The topological polar surface area (TPSA) is 35.5 Å². The van der Waals surface area contributed by atoms with Crippen LogP contribution in [0.3, 0.4) is 0 Å². The Labute approximate surface area is 134 Å². The Bertz CT molecular complexity index is 886. The maximum atomic E-state index is 12.8. The fraction of sp³-hybridized carbons (Fsp3) is 0.188. The monoisotopic (exact) mass is 364 g/mol. The molecule has 0 radical (unpaired) electrons. The van der Waals surface area contributed by atoms with Crippen LogP contribution in [0.25, 0.3) is 20.2 Å². The molecule has 0 aliphatic carbocycles. The predicted molar refractivity (Wildman–Crippen MR) is 91.3 cm³/mol. The highest BCUT2D eigenvalue weighted by Gasteiger charge is 2.18. The molecule has 21 heavy (non-hydrogen) atoms. The van der Waals surface area contributed by atoms with Gasteiger partial charge in [-0.3, -0.25) is 4.79 Å². The molecule has 0 unspecified atom stereocenters. The molecule has 0 amide bonds. The Morgan fingerprint density at radius 2 is 1.90 bits per heavy atom. The third-order valence-corrected chi connectivity index (χ3v) is 5.12. The Kier molecular flexibility index (Phi) is 3.87. The van der Waals surface area contributed by atoms with Crippen LogP contribution in [0, 0.1) is 0 Å². The van der Waals surface area contributed by atoms with E-state index in [-0.39, 0.29) is 5.43 Å². The van der Waals surface area contributed by atoms with Gasteiger partial charge >= 0.3 is 0 Å². The Hall–Kier alpha value is -1.59. The van der Waals surface area contributed by atoms with E-state index in [9.17, 15) is 4.79 Å². The number of hydrogen-bond acceptors (Lipinski definition) is 4. The standard InChI is InChI=1S/C16H13BrO3S/c1-19-11-7-13-14(10(8-17)16(11)20-2)15(18)9-5-3-4-6-12(9)21-13/h3-7H,8H2,1-2H3. The van der Waals surface area contributed by atoms with E-state index in [0.29, 0.717) is 22.2 Å². The average Bonchev–Trinajstić information content (AvgIpc) is 2.53. The lowest BCUT2D eigenvalue weighted by molar-refractivity contribution is 0.354. The fourth-order valence-electron chi connectivity index (χ4n) is 2.50. The van der Waals surface area contributed by atoms with Crippen LogP contribution in [0.1, 0.15) is 5.56 Å². The average molecular weight is 365 g/mol. The number of halogens is 1. The number of ether oxygens (including phenoxy) is 2. The second-order valence-corrected chi connectivity index (χ2v) is 6.17. The smallest absolute Gasteiger partial charge is 0.196 e. The van der Waals surface area contributed by atoms with Crippen molar-refractivity contribution in [1.82, 2.24) is 0 Å². The highest BCUT2D eigenvalue weighted by Crippen LogP contribution is 2.40. The highest BCUT2D eigenvalue weighted by molar-refractivity contribution is 9.08. The highest BCUT2D eigenvalue weighted by atomic mass is 79.9. The van der Waals surface area contributed by atoms with Crippen molar-refractivity contribution in [3.05, 3.63) is 46.1 Å². The molecule has 0 N–H and O–H groups in total. The van der Waals surface area contributed by atoms with E-state index in [1.165, 1.54) is 0 Å². The van der Waals surface area contributed by atoms with Crippen molar-refractivity contribution in [3.8, 4) is 11.5 Å². The van der Waals surface area contributed by atoms with Gasteiger partial charge in [-0.25, -0.2) is 0 Å². The Morgan fingerprint density at radius 1 is 1.14 bits per heavy atom. The molecule has 0 bridgehead atoms. The largest absolute Gasteiger partial charge is 0.493 e. The van der Waals surface area contributed by atoms with Crippen LogP contribution in [0.5, 0.6) is 11.5 Å². The van der Waals surface area contributed by atoms with Crippen LogP contribution < -0.4 is 14.9 Å². The van der Waals surface area contributed by atoms with Crippen molar-refractivity contribution in [1.29, 1.82) is 0 Å². The fourth-order valence-corrected chi connectivity index (χ4v) is 4.17. The molecule has 0 spiro atoms. The SMILES string of the molecule is COc1cc2sc3ccccc3c(=O)c2c(CBr)c1OC. The molecule has 108 valence electrons. The van der Waals surface area contributed by atoms with E-state index in [1.54, 1.807) is 25.6 Å². The van der Waals surface area contributed by atoms with Crippen LogP contribution >= 0.6 is 27.3 Å². The molecule has 1 aromatic heterocycles. The van der Waals surface area contributed by atoms with Gasteiger partial charge in [-0.2, -0.15) is 0 Å². The quantitative estimate of drug-likeness (QED) is 0.512. The molecule has 0 saturated heterocycles. The summed E-state index contributed by atoms with van der Waals surface area (Å²) in [6, 6.07) is 9.53. The summed E-state index contributed by atoms with van der Waals surface area (Å²) in [5.41, 5.74) is 0.869. The number of benzene rings is 2. The summed E-state index contributed by atoms with van der Waals surface area (Å²) < 4.78 is 12.7. The zero-order valence-corrected chi connectivity index (χ0v) is 14.0. The minimum Gasteiger partial charge on any atom is -0.493 e. The van der Waals surface area contributed by atoms with E-state index in [1.807, 2.05) is 30.3 Å². The molecule has 3 rings (SSSR count). The molecule has 0 aliphatic rings. The summed E-state index contributed by atoms with van der Waals surface area (Å²) in [7, 11) is 3.19. The maximum absolute atomic E-state index is 12.8. The van der Waals surface area contributed by atoms with E-state index >= 15 is 0 Å². The third kappa shape index (κ3) is 2.21. The summed E-state index contributed by atoms with van der Waals surface area (Å²) in [6.45, 7) is 0. The van der Waals surface area contributed by atoms with Gasteiger partial charge < -0.3 is 9.47 Å². The van der Waals surface area contributed by atoms with E-state index < -0.39 is 0 Å². The first-order valence-corrected chi connectivity index (χ1v) is 8.30. The van der Waals surface area contributed by atoms with E-state index in [0.717, 1.165) is 20.3 Å². The number of rotatable bonds is 3. The van der Waals surface area contributed by atoms with Crippen molar-refractivity contribution in [2.45, 2.75) is 5.33 Å². The van der Waals surface area contributed by atoms with Gasteiger partial charge in [0.1, 0.15) is 0 Å². The third-order valence-electron chi connectivity index (χ3n) is 3.44. The predicted octanol–water partition coefficient (Wildman–Crippen LogP) is 4.33. The molecule has 3 aromatic rings. The summed E-state index contributed by atoms with van der Waals surface area (Å²) >= 11 is 5.05. The van der Waals surface area contributed by atoms with Crippen LogP contribution in [0.2, 0.25) is 0 Å². The first-order valence-electron chi connectivity index (χ1n) is 6.36. The van der Waals surface area contributed by atoms with Crippen molar-refractivity contribution >= 4 is 47.4 Å². The summed E-state index contributed by atoms with van der Waals surface area (Å²) in [5.74, 6) is 1.26. The second-order valence-electron chi connectivity index (χ2n) is 4.52. The second kappa shape index (κ2) is 5.66. The van der Waals surface area contributed by atoms with Gasteiger partial charge in [0.15, 0.2) is 16.9 Å². The number of methoxy groups -OCH3 is 2. The molecular formula is C16H13BrO3S. The lowest BCUT2D eigenvalue weighted by Crippen LogP contribution is -2.06. The zero-order valence-electron chi connectivity index (χ0n) is 11.6. The normalized spacial score (nSPS) is 11.0. The maximum Gasteiger partial charge on any atom is 0.196 e. The molecule has 0 fully saturated rings. The Morgan fingerprint density at radius 3 is 2.57 bits per heavy atom. The first kappa shape index (κ1) is 14.4. The molecule has 1 heterocycles. The van der Waals surface area contributed by atoms with Gasteiger partial charge in [0.25, 0.3) is 0 Å². The van der Waals surface area contributed by atoms with Crippen LogP contribution in [-0.4, -0.2) is 14.2 Å². The van der Waals surface area contributed by atoms with Gasteiger partial charge in [0.05, 0.1) is 14.2 Å². The summed E-state index contributed by atoms with van der Waals surface area (Å²) in [5, 5.41) is 1.97.